The van der Waals surface area contributed by atoms with Gasteiger partial charge in [0.05, 0.1) is 0 Å². The number of hydrogen-bond acceptors (Lipinski definition) is 4. The van der Waals surface area contributed by atoms with Crippen molar-refractivity contribution < 1.29 is 13.4 Å². The molecule has 0 bridgehead atoms. The molecule has 0 fully saturated rings. The maximum Gasteiger partial charge on any atom is 0.386 e. The predicted molar refractivity (Wildman–Crippen MR) is 66.3 cm³/mol. The quantitative estimate of drug-likeness (QED) is 0.396. The smallest absolute Gasteiger partial charge is 0.386 e. The van der Waals surface area contributed by atoms with Gasteiger partial charge < -0.3 is 8.83 Å². The van der Waals surface area contributed by atoms with Crippen LogP contribution in [0.4, 0.5) is 0 Å². The summed E-state index contributed by atoms with van der Waals surface area (Å²) in [6.07, 6.45) is 7.16. The van der Waals surface area contributed by atoms with Crippen molar-refractivity contribution in [3.8, 4) is 11.5 Å². The van der Waals surface area contributed by atoms with E-state index in [0.29, 0.717) is 5.78 Å². The van der Waals surface area contributed by atoms with Gasteiger partial charge in [0, 0.05) is 36.4 Å². The fourth-order valence-corrected chi connectivity index (χ4v) is 2.75. The lowest BCUT2D eigenvalue weighted by atomic mass is 10.2. The van der Waals surface area contributed by atoms with E-state index in [0.717, 1.165) is 34.5 Å². The number of hydrogen-bond donors (Lipinski definition) is 0. The van der Waals surface area contributed by atoms with Gasteiger partial charge in [0.1, 0.15) is 16.5 Å². The molecule has 90 valence electrons. The van der Waals surface area contributed by atoms with E-state index in [1.54, 1.807) is 12.4 Å². The minimum atomic E-state index is 0.549. The van der Waals surface area contributed by atoms with Crippen molar-refractivity contribution in [2.24, 2.45) is 0 Å². The standard InChI is InChI=1S/C14H8N3O2/c1-3-15-5-9-8(1)7-17-12-10-6-16-4-2-11(10)18-14(12)19-13(9)17/h1-6H,7H2/q+1. The first-order valence-corrected chi connectivity index (χ1v) is 6.04. The average Bonchev–Trinajstić information content (AvgIpc) is 3.05. The summed E-state index contributed by atoms with van der Waals surface area (Å²) in [6.45, 7) is 0.781. The van der Waals surface area contributed by atoms with Gasteiger partial charge in [-0.2, -0.15) is 0 Å². The highest BCUT2D eigenvalue weighted by Crippen LogP contribution is 2.34. The highest BCUT2D eigenvalue weighted by molar-refractivity contribution is 5.98. The summed E-state index contributed by atoms with van der Waals surface area (Å²) in [6, 6.07) is 3.87. The Morgan fingerprint density at radius 1 is 1.05 bits per heavy atom. The molecule has 1 aliphatic rings. The number of rotatable bonds is 0. The van der Waals surface area contributed by atoms with E-state index in [-0.39, 0.29) is 0 Å². The zero-order chi connectivity index (χ0) is 12.4. The fourth-order valence-electron chi connectivity index (χ4n) is 2.75. The minimum absolute atomic E-state index is 0.549. The molecule has 5 nitrogen and oxygen atoms in total. The van der Waals surface area contributed by atoms with Crippen molar-refractivity contribution in [1.29, 1.82) is 0 Å². The van der Waals surface area contributed by atoms with Crippen LogP contribution < -0.4 is 4.57 Å². The molecular weight excluding hydrogens is 242 g/mol. The van der Waals surface area contributed by atoms with E-state index >= 15 is 0 Å². The van der Waals surface area contributed by atoms with Crippen molar-refractivity contribution in [3.05, 3.63) is 42.5 Å². The molecule has 0 atom stereocenters. The zero-order valence-electron chi connectivity index (χ0n) is 9.83. The van der Waals surface area contributed by atoms with Crippen LogP contribution in [0, 0.1) is 0 Å². The van der Waals surface area contributed by atoms with Gasteiger partial charge in [-0.25, -0.2) is 0 Å². The molecule has 0 aliphatic carbocycles. The van der Waals surface area contributed by atoms with Crippen molar-refractivity contribution in [2.45, 2.75) is 6.54 Å². The first-order chi connectivity index (χ1) is 9.42. The molecule has 5 heterocycles. The summed E-state index contributed by atoms with van der Waals surface area (Å²) < 4.78 is 13.7. The maximum absolute atomic E-state index is 5.85. The van der Waals surface area contributed by atoms with Gasteiger partial charge in [-0.1, -0.05) is 0 Å². The molecule has 4 aromatic heterocycles. The highest BCUT2D eigenvalue weighted by Gasteiger charge is 2.37. The second-order valence-corrected chi connectivity index (χ2v) is 4.64. The van der Waals surface area contributed by atoms with Crippen LogP contribution >= 0.6 is 0 Å². The third-order valence-corrected chi connectivity index (χ3v) is 3.61. The summed E-state index contributed by atoms with van der Waals surface area (Å²) in [5.74, 6) is 1.36. The van der Waals surface area contributed by atoms with E-state index in [1.165, 1.54) is 5.56 Å². The van der Waals surface area contributed by atoms with Crippen LogP contribution in [0.3, 0.4) is 0 Å². The van der Waals surface area contributed by atoms with Crippen molar-refractivity contribution >= 4 is 22.3 Å². The van der Waals surface area contributed by atoms with Gasteiger partial charge in [-0.15, -0.1) is 4.57 Å². The Kier molecular flexibility index (Phi) is 1.46. The number of fused-ring (bicyclic) bond motifs is 7. The molecule has 0 unspecified atom stereocenters. The van der Waals surface area contributed by atoms with Gasteiger partial charge in [-0.05, 0) is 6.07 Å². The number of aromatic nitrogens is 3. The van der Waals surface area contributed by atoms with E-state index < -0.39 is 0 Å². The normalized spacial score (nSPS) is 13.1. The van der Waals surface area contributed by atoms with Crippen LogP contribution in [0.15, 0.2) is 45.8 Å². The molecule has 4 aromatic rings. The lowest BCUT2D eigenvalue weighted by Gasteiger charge is -1.88. The molecular formula is C14H8N3O2+. The molecule has 0 radical (unpaired) electrons. The lowest BCUT2D eigenvalue weighted by Crippen LogP contribution is -2.30. The van der Waals surface area contributed by atoms with Gasteiger partial charge >= 0.3 is 17.2 Å². The fraction of sp³-hybridized carbons (Fsp3) is 0.0714. The van der Waals surface area contributed by atoms with Gasteiger partial charge in [0.15, 0.2) is 6.54 Å². The molecule has 0 amide bonds. The Bertz CT molecular complexity index is 952. The molecule has 0 saturated heterocycles. The molecule has 0 spiro atoms. The zero-order valence-corrected chi connectivity index (χ0v) is 9.83. The van der Waals surface area contributed by atoms with Gasteiger partial charge in [-0.3, -0.25) is 9.97 Å². The Morgan fingerprint density at radius 3 is 2.95 bits per heavy atom. The summed E-state index contributed by atoms with van der Waals surface area (Å²) in [5, 5.41) is 0.980. The molecule has 5 rings (SSSR count). The Labute approximate surface area is 107 Å². The Hall–Kier alpha value is -2.69. The molecule has 19 heavy (non-hydrogen) atoms. The second-order valence-electron chi connectivity index (χ2n) is 4.64. The SMILES string of the molecule is c1cc2c(cn1)-c1oc3oc4ccncc4c3[n+]1C2. The van der Waals surface area contributed by atoms with E-state index in [4.69, 9.17) is 8.83 Å². The molecule has 0 N–H and O–H groups in total. The minimum Gasteiger partial charge on any atom is -0.420 e. The van der Waals surface area contributed by atoms with Gasteiger partial charge in [0.2, 0.25) is 0 Å². The van der Waals surface area contributed by atoms with E-state index in [1.807, 2.05) is 24.5 Å². The first kappa shape index (κ1) is 9.27. The maximum atomic E-state index is 5.85. The first-order valence-electron chi connectivity index (χ1n) is 6.04. The van der Waals surface area contributed by atoms with Crippen molar-refractivity contribution in [3.63, 3.8) is 0 Å². The third-order valence-electron chi connectivity index (χ3n) is 3.61. The van der Waals surface area contributed by atoms with Gasteiger partial charge in [0.25, 0.3) is 0 Å². The Balaban J connectivity index is 1.94. The molecule has 0 saturated carbocycles. The summed E-state index contributed by atoms with van der Waals surface area (Å²) >= 11 is 0. The summed E-state index contributed by atoms with van der Waals surface area (Å²) in [7, 11) is 0. The van der Waals surface area contributed by atoms with Crippen LogP contribution in [0.1, 0.15) is 5.56 Å². The predicted octanol–water partition coefficient (Wildman–Crippen LogP) is 2.29. The lowest BCUT2D eigenvalue weighted by molar-refractivity contribution is -0.648. The van der Waals surface area contributed by atoms with Crippen molar-refractivity contribution in [1.82, 2.24) is 9.97 Å². The van der Waals surface area contributed by atoms with Crippen LogP contribution in [0.2, 0.25) is 0 Å². The largest absolute Gasteiger partial charge is 0.420 e. The van der Waals surface area contributed by atoms with Crippen LogP contribution in [-0.2, 0) is 6.54 Å². The Morgan fingerprint density at radius 2 is 1.95 bits per heavy atom. The van der Waals surface area contributed by atoms with E-state index in [9.17, 15) is 0 Å². The third kappa shape index (κ3) is 1.03. The molecule has 0 aromatic carbocycles. The second kappa shape index (κ2) is 3.00. The number of nitrogens with zero attached hydrogens (tertiary/aromatic N) is 3. The summed E-state index contributed by atoms with van der Waals surface area (Å²) in [4.78, 5) is 8.32. The molecule has 5 heteroatoms. The number of oxazole rings is 1. The topological polar surface area (TPSA) is 55.9 Å². The van der Waals surface area contributed by atoms with Crippen LogP contribution in [-0.4, -0.2) is 9.97 Å². The van der Waals surface area contributed by atoms with E-state index in [2.05, 4.69) is 14.5 Å². The number of furan rings is 1. The molecule has 1 aliphatic heterocycles. The van der Waals surface area contributed by atoms with Crippen LogP contribution in [0.25, 0.3) is 33.7 Å². The summed E-state index contributed by atoms with van der Waals surface area (Å²) in [5.41, 5.74) is 4.02. The highest BCUT2D eigenvalue weighted by atomic mass is 16.5. The van der Waals surface area contributed by atoms with Crippen LogP contribution in [0.5, 0.6) is 0 Å². The average molecular weight is 250 g/mol. The number of pyridine rings is 2. The van der Waals surface area contributed by atoms with Crippen molar-refractivity contribution in [2.75, 3.05) is 0 Å². The monoisotopic (exact) mass is 250 g/mol.